The molecule has 1 heterocycles. The highest BCUT2D eigenvalue weighted by Gasteiger charge is 2.39. The molecular formula is C11H15F3N2. The minimum Gasteiger partial charge on any atom is -0.304 e. The van der Waals surface area contributed by atoms with Gasteiger partial charge in [-0.25, -0.2) is 0 Å². The van der Waals surface area contributed by atoms with E-state index in [-0.39, 0.29) is 12.5 Å². The Morgan fingerprint density at radius 3 is 2.44 bits per heavy atom. The number of alkyl halides is 3. The lowest BCUT2D eigenvalue weighted by Crippen LogP contribution is -2.47. The Hall–Kier alpha value is -1.10. The second-order valence-corrected chi connectivity index (χ2v) is 3.94. The lowest BCUT2D eigenvalue weighted by molar-refractivity contribution is -0.157. The standard InChI is InChI=1S/C11H15F3N2/c1-8(2)16-10(11(12,13)14)7-9-5-3-4-6-15-9/h3-6,8,10,16H,7H2,1-2H3. The third-order valence-electron chi connectivity index (χ3n) is 2.07. The summed E-state index contributed by atoms with van der Waals surface area (Å²) in [7, 11) is 0. The van der Waals surface area contributed by atoms with Crippen LogP contribution in [0, 0.1) is 0 Å². The van der Waals surface area contributed by atoms with E-state index in [9.17, 15) is 13.2 Å². The van der Waals surface area contributed by atoms with Crippen molar-refractivity contribution in [1.29, 1.82) is 0 Å². The Morgan fingerprint density at radius 2 is 2.00 bits per heavy atom. The Balaban J connectivity index is 2.72. The fourth-order valence-corrected chi connectivity index (χ4v) is 1.40. The van der Waals surface area contributed by atoms with Gasteiger partial charge < -0.3 is 5.32 Å². The van der Waals surface area contributed by atoms with Gasteiger partial charge in [-0.3, -0.25) is 4.98 Å². The largest absolute Gasteiger partial charge is 0.404 e. The van der Waals surface area contributed by atoms with Crippen LogP contribution in [0.5, 0.6) is 0 Å². The first-order valence-electron chi connectivity index (χ1n) is 5.12. The van der Waals surface area contributed by atoms with Crippen molar-refractivity contribution in [2.24, 2.45) is 0 Å². The van der Waals surface area contributed by atoms with Crippen molar-refractivity contribution in [3.8, 4) is 0 Å². The number of hydrogen-bond donors (Lipinski definition) is 1. The normalized spacial score (nSPS) is 14.1. The van der Waals surface area contributed by atoms with E-state index in [0.717, 1.165) is 0 Å². The minimum absolute atomic E-state index is 0.136. The first-order chi connectivity index (χ1) is 7.39. The summed E-state index contributed by atoms with van der Waals surface area (Å²) >= 11 is 0. The highest BCUT2D eigenvalue weighted by atomic mass is 19.4. The van der Waals surface area contributed by atoms with Gasteiger partial charge in [0, 0.05) is 24.4 Å². The second-order valence-electron chi connectivity index (χ2n) is 3.94. The molecule has 0 radical (unpaired) electrons. The van der Waals surface area contributed by atoms with Crippen LogP contribution in [-0.2, 0) is 6.42 Å². The molecule has 1 aromatic heterocycles. The molecule has 90 valence electrons. The first-order valence-corrected chi connectivity index (χ1v) is 5.12. The maximum atomic E-state index is 12.7. The zero-order chi connectivity index (χ0) is 12.2. The van der Waals surface area contributed by atoms with Gasteiger partial charge in [0.05, 0.1) is 0 Å². The zero-order valence-corrected chi connectivity index (χ0v) is 9.25. The van der Waals surface area contributed by atoms with Gasteiger partial charge in [-0.2, -0.15) is 13.2 Å². The molecule has 0 saturated carbocycles. The van der Waals surface area contributed by atoms with Crippen LogP contribution in [-0.4, -0.2) is 23.2 Å². The quantitative estimate of drug-likeness (QED) is 0.863. The van der Waals surface area contributed by atoms with E-state index in [1.54, 1.807) is 32.0 Å². The van der Waals surface area contributed by atoms with Gasteiger partial charge >= 0.3 is 6.18 Å². The molecule has 5 heteroatoms. The minimum atomic E-state index is -4.25. The maximum absolute atomic E-state index is 12.7. The van der Waals surface area contributed by atoms with E-state index < -0.39 is 12.2 Å². The molecule has 0 saturated heterocycles. The number of rotatable bonds is 4. The molecular weight excluding hydrogens is 217 g/mol. The molecule has 1 N–H and O–H groups in total. The summed E-state index contributed by atoms with van der Waals surface area (Å²) in [6.07, 6.45) is -2.89. The predicted molar refractivity (Wildman–Crippen MR) is 56.1 cm³/mol. The molecule has 0 bridgehead atoms. The summed E-state index contributed by atoms with van der Waals surface area (Å²) in [6, 6.07) is 3.21. The van der Waals surface area contributed by atoms with Crippen LogP contribution < -0.4 is 5.32 Å². The van der Waals surface area contributed by atoms with E-state index in [2.05, 4.69) is 10.3 Å². The van der Waals surface area contributed by atoms with Crippen molar-refractivity contribution in [1.82, 2.24) is 10.3 Å². The summed E-state index contributed by atoms with van der Waals surface area (Å²) in [5, 5.41) is 2.50. The van der Waals surface area contributed by atoms with Crippen LogP contribution in [0.4, 0.5) is 13.2 Å². The van der Waals surface area contributed by atoms with E-state index in [0.29, 0.717) is 5.69 Å². The highest BCUT2D eigenvalue weighted by molar-refractivity contribution is 5.06. The average molecular weight is 232 g/mol. The second kappa shape index (κ2) is 5.30. The van der Waals surface area contributed by atoms with E-state index in [1.165, 1.54) is 6.20 Å². The molecule has 0 aliphatic heterocycles. The predicted octanol–water partition coefficient (Wildman–Crippen LogP) is 2.55. The van der Waals surface area contributed by atoms with Crippen molar-refractivity contribution >= 4 is 0 Å². The fourth-order valence-electron chi connectivity index (χ4n) is 1.40. The molecule has 2 nitrogen and oxygen atoms in total. The van der Waals surface area contributed by atoms with Gasteiger partial charge in [-0.05, 0) is 12.1 Å². The molecule has 16 heavy (non-hydrogen) atoms. The van der Waals surface area contributed by atoms with Crippen LogP contribution in [0.1, 0.15) is 19.5 Å². The zero-order valence-electron chi connectivity index (χ0n) is 9.25. The molecule has 0 fully saturated rings. The van der Waals surface area contributed by atoms with Crippen molar-refractivity contribution < 1.29 is 13.2 Å². The monoisotopic (exact) mass is 232 g/mol. The van der Waals surface area contributed by atoms with E-state index in [1.807, 2.05) is 0 Å². The van der Waals surface area contributed by atoms with Crippen molar-refractivity contribution in [3.05, 3.63) is 30.1 Å². The van der Waals surface area contributed by atoms with Gasteiger partial charge in [-0.1, -0.05) is 19.9 Å². The van der Waals surface area contributed by atoms with Crippen molar-refractivity contribution in [2.45, 2.75) is 38.5 Å². The average Bonchev–Trinajstić information content (AvgIpc) is 2.16. The fraction of sp³-hybridized carbons (Fsp3) is 0.545. The van der Waals surface area contributed by atoms with Crippen LogP contribution >= 0.6 is 0 Å². The van der Waals surface area contributed by atoms with Crippen LogP contribution in [0.2, 0.25) is 0 Å². The SMILES string of the molecule is CC(C)NC(Cc1ccccn1)C(F)(F)F. The van der Waals surface area contributed by atoms with E-state index >= 15 is 0 Å². The molecule has 0 amide bonds. The third kappa shape index (κ3) is 4.18. The topological polar surface area (TPSA) is 24.9 Å². The Morgan fingerprint density at radius 1 is 1.31 bits per heavy atom. The molecule has 0 aliphatic rings. The lowest BCUT2D eigenvalue weighted by Gasteiger charge is -2.23. The first kappa shape index (κ1) is 13.0. The Kier molecular flexibility index (Phi) is 4.29. The van der Waals surface area contributed by atoms with Gasteiger partial charge in [0.25, 0.3) is 0 Å². The summed E-state index contributed by atoms with van der Waals surface area (Å²) in [6.45, 7) is 3.38. The molecule has 0 aliphatic carbocycles. The highest BCUT2D eigenvalue weighted by Crippen LogP contribution is 2.23. The number of nitrogens with one attached hydrogen (secondary N) is 1. The number of nitrogens with zero attached hydrogens (tertiary/aromatic N) is 1. The molecule has 1 rings (SSSR count). The number of aromatic nitrogens is 1. The van der Waals surface area contributed by atoms with Crippen molar-refractivity contribution in [3.63, 3.8) is 0 Å². The summed E-state index contributed by atoms with van der Waals surface area (Å²) in [4.78, 5) is 3.90. The molecule has 0 spiro atoms. The molecule has 0 aromatic carbocycles. The Labute approximate surface area is 92.9 Å². The number of halogens is 3. The Bertz CT molecular complexity index is 309. The van der Waals surface area contributed by atoms with Crippen LogP contribution in [0.15, 0.2) is 24.4 Å². The smallest absolute Gasteiger partial charge is 0.304 e. The van der Waals surface area contributed by atoms with Gasteiger partial charge in [0.1, 0.15) is 6.04 Å². The molecule has 1 atom stereocenters. The number of pyridine rings is 1. The van der Waals surface area contributed by atoms with Gasteiger partial charge in [-0.15, -0.1) is 0 Å². The summed E-state index contributed by atoms with van der Waals surface area (Å²) < 4.78 is 38.0. The van der Waals surface area contributed by atoms with Crippen LogP contribution in [0.25, 0.3) is 0 Å². The lowest BCUT2D eigenvalue weighted by atomic mass is 10.1. The van der Waals surface area contributed by atoms with E-state index in [4.69, 9.17) is 0 Å². The summed E-state index contributed by atoms with van der Waals surface area (Å²) in [5.41, 5.74) is 0.443. The molecule has 1 unspecified atom stereocenters. The maximum Gasteiger partial charge on any atom is 0.404 e. The third-order valence-corrected chi connectivity index (χ3v) is 2.07. The summed E-state index contributed by atoms with van der Waals surface area (Å²) in [5.74, 6) is 0. The number of hydrogen-bond acceptors (Lipinski definition) is 2. The van der Waals surface area contributed by atoms with Gasteiger partial charge in [0.2, 0.25) is 0 Å². The van der Waals surface area contributed by atoms with Gasteiger partial charge in [0.15, 0.2) is 0 Å². The van der Waals surface area contributed by atoms with Crippen molar-refractivity contribution in [2.75, 3.05) is 0 Å². The molecule has 1 aromatic rings. The van der Waals surface area contributed by atoms with Crippen LogP contribution in [0.3, 0.4) is 0 Å².